The quantitative estimate of drug-likeness (QED) is 0.578. The van der Waals surface area contributed by atoms with E-state index in [4.69, 9.17) is 11.1 Å². The molecule has 0 heterocycles. The van der Waals surface area contributed by atoms with E-state index in [1.165, 1.54) is 6.07 Å². The van der Waals surface area contributed by atoms with Crippen LogP contribution in [0.2, 0.25) is 0 Å². The number of benzene rings is 1. The zero-order valence-corrected chi connectivity index (χ0v) is 11.2. The van der Waals surface area contributed by atoms with E-state index in [0.29, 0.717) is 17.7 Å². The van der Waals surface area contributed by atoms with Gasteiger partial charge in [-0.25, -0.2) is 4.39 Å². The average Bonchev–Trinajstić information content (AvgIpc) is 2.35. The van der Waals surface area contributed by atoms with Gasteiger partial charge in [-0.1, -0.05) is 32.4 Å². The maximum Gasteiger partial charge on any atom is 0.128 e. The highest BCUT2D eigenvalue weighted by atomic mass is 19.1. The van der Waals surface area contributed by atoms with E-state index in [2.05, 4.69) is 18.7 Å². The Morgan fingerprint density at radius 3 is 2.61 bits per heavy atom. The zero-order valence-electron chi connectivity index (χ0n) is 11.2. The topological polar surface area (TPSA) is 53.1 Å². The maximum absolute atomic E-state index is 13.9. The molecule has 0 spiro atoms. The van der Waals surface area contributed by atoms with E-state index in [-0.39, 0.29) is 11.7 Å². The first-order valence-electron chi connectivity index (χ1n) is 6.43. The molecule has 0 aliphatic rings. The van der Waals surface area contributed by atoms with Gasteiger partial charge in [0.2, 0.25) is 0 Å². The van der Waals surface area contributed by atoms with Crippen molar-refractivity contribution in [2.24, 2.45) is 5.73 Å². The molecule has 1 rings (SSSR count). The summed E-state index contributed by atoms with van der Waals surface area (Å²) in [7, 11) is 0. The van der Waals surface area contributed by atoms with Crippen LogP contribution in [0.3, 0.4) is 0 Å². The Kier molecular flexibility index (Phi) is 5.78. The summed E-state index contributed by atoms with van der Waals surface area (Å²) in [5.74, 6) is -0.378. The number of halogens is 1. The Morgan fingerprint density at radius 1 is 1.39 bits per heavy atom. The van der Waals surface area contributed by atoms with E-state index in [1.54, 1.807) is 12.1 Å². The van der Waals surface area contributed by atoms with Gasteiger partial charge in [-0.2, -0.15) is 0 Å². The molecule has 0 aromatic heterocycles. The number of amidine groups is 1. The fourth-order valence-electron chi connectivity index (χ4n) is 1.81. The number of nitrogens with one attached hydrogen (secondary N) is 1. The van der Waals surface area contributed by atoms with E-state index in [0.717, 1.165) is 25.9 Å². The minimum absolute atomic E-state index is 0.0984. The zero-order chi connectivity index (χ0) is 13.5. The third-order valence-corrected chi connectivity index (χ3v) is 3.03. The van der Waals surface area contributed by atoms with Gasteiger partial charge in [-0.15, -0.1) is 0 Å². The smallest absolute Gasteiger partial charge is 0.128 e. The lowest BCUT2D eigenvalue weighted by Crippen LogP contribution is -2.24. The molecule has 3 N–H and O–H groups in total. The van der Waals surface area contributed by atoms with Crippen LogP contribution < -0.4 is 5.73 Å². The van der Waals surface area contributed by atoms with Crippen molar-refractivity contribution in [1.29, 1.82) is 5.41 Å². The molecule has 0 saturated carbocycles. The van der Waals surface area contributed by atoms with Gasteiger partial charge in [0.25, 0.3) is 0 Å². The van der Waals surface area contributed by atoms with Crippen molar-refractivity contribution in [2.75, 3.05) is 13.1 Å². The second kappa shape index (κ2) is 7.11. The van der Waals surface area contributed by atoms with Crippen LogP contribution in [0.4, 0.5) is 4.39 Å². The Morgan fingerprint density at radius 2 is 2.11 bits per heavy atom. The number of nitrogens with two attached hydrogens (primary N) is 1. The van der Waals surface area contributed by atoms with Crippen LogP contribution in [-0.2, 0) is 6.54 Å². The fraction of sp³-hybridized carbons (Fsp3) is 0.500. The van der Waals surface area contributed by atoms with E-state index >= 15 is 0 Å². The monoisotopic (exact) mass is 251 g/mol. The van der Waals surface area contributed by atoms with Gasteiger partial charge in [0.1, 0.15) is 11.7 Å². The fourth-order valence-corrected chi connectivity index (χ4v) is 1.81. The van der Waals surface area contributed by atoms with Crippen LogP contribution in [0.15, 0.2) is 18.2 Å². The Labute approximate surface area is 108 Å². The van der Waals surface area contributed by atoms with Crippen molar-refractivity contribution in [2.45, 2.75) is 33.2 Å². The molecule has 0 atom stereocenters. The molecule has 0 fully saturated rings. The van der Waals surface area contributed by atoms with Crippen LogP contribution in [0.5, 0.6) is 0 Å². The van der Waals surface area contributed by atoms with E-state index in [9.17, 15) is 4.39 Å². The highest BCUT2D eigenvalue weighted by molar-refractivity contribution is 5.94. The number of rotatable bonds is 7. The Bertz CT molecular complexity index is 404. The molecule has 1 aromatic rings. The number of nitrogens with zero attached hydrogens (tertiary/aromatic N) is 1. The molecule has 0 aliphatic carbocycles. The van der Waals surface area contributed by atoms with E-state index < -0.39 is 0 Å². The van der Waals surface area contributed by atoms with Gasteiger partial charge >= 0.3 is 0 Å². The van der Waals surface area contributed by atoms with Crippen molar-refractivity contribution in [3.8, 4) is 0 Å². The van der Waals surface area contributed by atoms with Gasteiger partial charge in [0.15, 0.2) is 0 Å². The van der Waals surface area contributed by atoms with Gasteiger partial charge in [0.05, 0.1) is 0 Å². The maximum atomic E-state index is 13.9. The van der Waals surface area contributed by atoms with Crippen LogP contribution >= 0.6 is 0 Å². The summed E-state index contributed by atoms with van der Waals surface area (Å²) in [6.07, 6.45) is 2.27. The highest BCUT2D eigenvalue weighted by Gasteiger charge is 2.09. The SMILES string of the molecule is CCCCN(CC)Cc1ccc(C(=N)N)cc1F. The lowest BCUT2D eigenvalue weighted by atomic mass is 10.1. The first-order valence-corrected chi connectivity index (χ1v) is 6.43. The first kappa shape index (κ1) is 14.6. The number of unbranched alkanes of at least 4 members (excludes halogenated alkanes) is 1. The third kappa shape index (κ3) is 4.11. The molecule has 0 amide bonds. The summed E-state index contributed by atoms with van der Waals surface area (Å²) in [5.41, 5.74) is 6.43. The molecule has 18 heavy (non-hydrogen) atoms. The number of hydrogen-bond acceptors (Lipinski definition) is 2. The summed E-state index contributed by atoms with van der Waals surface area (Å²) in [4.78, 5) is 2.22. The van der Waals surface area contributed by atoms with Crippen molar-refractivity contribution in [3.05, 3.63) is 35.1 Å². The van der Waals surface area contributed by atoms with Crippen LogP contribution in [0, 0.1) is 11.2 Å². The molecule has 100 valence electrons. The molecule has 0 radical (unpaired) electrons. The Balaban J connectivity index is 2.74. The largest absolute Gasteiger partial charge is 0.384 e. The molecule has 4 heteroatoms. The normalized spacial score (nSPS) is 10.9. The Hall–Kier alpha value is -1.42. The predicted octanol–water partition coefficient (Wildman–Crippen LogP) is 2.73. The lowest BCUT2D eigenvalue weighted by molar-refractivity contribution is 0.271. The third-order valence-electron chi connectivity index (χ3n) is 3.03. The lowest BCUT2D eigenvalue weighted by Gasteiger charge is -2.20. The number of nitrogen functional groups attached to an aromatic ring is 1. The first-order chi connectivity index (χ1) is 8.58. The predicted molar refractivity (Wildman–Crippen MR) is 73.3 cm³/mol. The summed E-state index contributed by atoms with van der Waals surface area (Å²) in [6, 6.07) is 4.76. The minimum atomic E-state index is -0.280. The molecule has 0 bridgehead atoms. The molecular formula is C14H22FN3. The summed E-state index contributed by atoms with van der Waals surface area (Å²) in [5, 5.41) is 7.27. The van der Waals surface area contributed by atoms with Gasteiger partial charge < -0.3 is 5.73 Å². The molecular weight excluding hydrogens is 229 g/mol. The van der Waals surface area contributed by atoms with Crippen LogP contribution in [0.1, 0.15) is 37.8 Å². The molecule has 1 aromatic carbocycles. The highest BCUT2D eigenvalue weighted by Crippen LogP contribution is 2.13. The molecule has 3 nitrogen and oxygen atoms in total. The second-order valence-corrected chi connectivity index (χ2v) is 4.44. The van der Waals surface area contributed by atoms with Gasteiger partial charge in [-0.05, 0) is 25.6 Å². The summed E-state index contributed by atoms with van der Waals surface area (Å²) >= 11 is 0. The number of hydrogen-bond donors (Lipinski definition) is 2. The molecule has 0 saturated heterocycles. The van der Waals surface area contributed by atoms with Gasteiger partial charge in [0, 0.05) is 17.7 Å². The minimum Gasteiger partial charge on any atom is -0.384 e. The summed E-state index contributed by atoms with van der Waals surface area (Å²) in [6.45, 7) is 6.74. The van der Waals surface area contributed by atoms with Crippen LogP contribution in [-0.4, -0.2) is 23.8 Å². The standard InChI is InChI=1S/C14H22FN3/c1-3-5-8-18(4-2)10-12-7-6-11(14(16)17)9-13(12)15/h6-7,9H,3-5,8,10H2,1-2H3,(H3,16,17). The van der Waals surface area contributed by atoms with E-state index in [1.807, 2.05) is 0 Å². The van der Waals surface area contributed by atoms with Crippen molar-refractivity contribution >= 4 is 5.84 Å². The van der Waals surface area contributed by atoms with Crippen molar-refractivity contribution in [1.82, 2.24) is 4.90 Å². The van der Waals surface area contributed by atoms with Crippen molar-refractivity contribution < 1.29 is 4.39 Å². The average molecular weight is 251 g/mol. The van der Waals surface area contributed by atoms with Gasteiger partial charge in [-0.3, -0.25) is 10.3 Å². The summed E-state index contributed by atoms with van der Waals surface area (Å²) < 4.78 is 13.9. The molecule has 0 unspecified atom stereocenters. The van der Waals surface area contributed by atoms with Crippen molar-refractivity contribution in [3.63, 3.8) is 0 Å². The molecule has 0 aliphatic heterocycles. The van der Waals surface area contributed by atoms with Crippen LogP contribution in [0.25, 0.3) is 0 Å². The second-order valence-electron chi connectivity index (χ2n) is 4.44.